The minimum atomic E-state index is -1.00. The molecule has 0 bridgehead atoms. The van der Waals surface area contributed by atoms with Crippen LogP contribution in [-0.4, -0.2) is 29.6 Å². The van der Waals surface area contributed by atoms with Crippen LogP contribution in [0.5, 0.6) is 11.5 Å². The molecule has 0 aromatic heterocycles. The standard InChI is InChI=1S/C17H19NO6/c1-10(19)11-6-13-14(24-9-23-13)7-12(11)18-15(20)8-17(16(21)22)4-2-3-5-17/h6-7H,2-5,8-9H2,1H3,(H,18,20)(H,21,22). The van der Waals surface area contributed by atoms with E-state index in [1.54, 1.807) is 6.07 Å². The van der Waals surface area contributed by atoms with Crippen LogP contribution < -0.4 is 14.8 Å². The zero-order valence-electron chi connectivity index (χ0n) is 13.4. The molecular weight excluding hydrogens is 314 g/mol. The van der Waals surface area contributed by atoms with Gasteiger partial charge < -0.3 is 19.9 Å². The van der Waals surface area contributed by atoms with Crippen molar-refractivity contribution in [2.24, 2.45) is 5.41 Å². The van der Waals surface area contributed by atoms with Crippen LogP contribution in [0.3, 0.4) is 0 Å². The lowest BCUT2D eigenvalue weighted by atomic mass is 9.82. The van der Waals surface area contributed by atoms with Crippen molar-refractivity contribution in [1.29, 1.82) is 0 Å². The van der Waals surface area contributed by atoms with Crippen molar-refractivity contribution in [1.82, 2.24) is 0 Å². The van der Waals surface area contributed by atoms with E-state index in [2.05, 4.69) is 5.32 Å². The predicted octanol–water partition coefficient (Wildman–Crippen LogP) is 2.59. The van der Waals surface area contributed by atoms with Crippen LogP contribution >= 0.6 is 0 Å². The summed E-state index contributed by atoms with van der Waals surface area (Å²) in [5.41, 5.74) is -0.379. The highest BCUT2D eigenvalue weighted by atomic mass is 16.7. The number of carboxylic acids is 1. The number of benzene rings is 1. The molecule has 7 heteroatoms. The molecule has 0 atom stereocenters. The maximum absolute atomic E-state index is 12.4. The summed E-state index contributed by atoms with van der Waals surface area (Å²) < 4.78 is 10.5. The highest BCUT2D eigenvalue weighted by Crippen LogP contribution is 2.42. The largest absolute Gasteiger partial charge is 0.481 e. The summed E-state index contributed by atoms with van der Waals surface area (Å²) >= 11 is 0. The number of Topliss-reactive ketones (excluding diaryl/α,β-unsaturated/α-hetero) is 1. The number of aliphatic carboxylic acids is 1. The molecule has 1 aromatic rings. The van der Waals surface area contributed by atoms with Gasteiger partial charge in [0.05, 0.1) is 11.1 Å². The fraction of sp³-hybridized carbons (Fsp3) is 0.471. The van der Waals surface area contributed by atoms with Gasteiger partial charge in [-0.1, -0.05) is 12.8 Å². The molecule has 0 saturated heterocycles. The molecule has 3 rings (SSSR count). The summed E-state index contributed by atoms with van der Waals surface area (Å²) in [6.07, 6.45) is 2.51. The van der Waals surface area contributed by atoms with Crippen LogP contribution in [0.25, 0.3) is 0 Å². The number of amides is 1. The Hall–Kier alpha value is -2.57. The Labute approximate surface area is 138 Å². The molecule has 1 aromatic carbocycles. The van der Waals surface area contributed by atoms with Crippen LogP contribution in [0.15, 0.2) is 12.1 Å². The molecule has 128 valence electrons. The van der Waals surface area contributed by atoms with Gasteiger partial charge in [0.2, 0.25) is 12.7 Å². The van der Waals surface area contributed by atoms with E-state index in [1.165, 1.54) is 13.0 Å². The van der Waals surface area contributed by atoms with Gasteiger partial charge in [-0.2, -0.15) is 0 Å². The summed E-state index contributed by atoms with van der Waals surface area (Å²) in [5.74, 6) is -0.675. The average molecular weight is 333 g/mol. The molecule has 2 N–H and O–H groups in total. The monoisotopic (exact) mass is 333 g/mol. The van der Waals surface area contributed by atoms with Crippen molar-refractivity contribution in [3.63, 3.8) is 0 Å². The van der Waals surface area contributed by atoms with E-state index in [0.717, 1.165) is 12.8 Å². The van der Waals surface area contributed by atoms with E-state index in [0.29, 0.717) is 35.6 Å². The van der Waals surface area contributed by atoms with Crippen molar-refractivity contribution in [3.05, 3.63) is 17.7 Å². The molecule has 0 spiro atoms. The molecule has 1 saturated carbocycles. The quantitative estimate of drug-likeness (QED) is 0.803. The van der Waals surface area contributed by atoms with Crippen LogP contribution in [-0.2, 0) is 9.59 Å². The van der Waals surface area contributed by atoms with Crippen LogP contribution in [0.1, 0.15) is 49.4 Å². The topological polar surface area (TPSA) is 102 Å². The van der Waals surface area contributed by atoms with E-state index in [-0.39, 0.29) is 19.0 Å². The number of carbonyl (C=O) groups excluding carboxylic acids is 2. The third kappa shape index (κ3) is 2.93. The number of fused-ring (bicyclic) bond motifs is 1. The Bertz CT molecular complexity index is 705. The van der Waals surface area contributed by atoms with Crippen molar-refractivity contribution >= 4 is 23.3 Å². The van der Waals surface area contributed by atoms with E-state index < -0.39 is 17.3 Å². The molecule has 1 aliphatic heterocycles. The van der Waals surface area contributed by atoms with Gasteiger partial charge in [0, 0.05) is 18.1 Å². The highest BCUT2D eigenvalue weighted by Gasteiger charge is 2.43. The Morgan fingerprint density at radius 3 is 2.38 bits per heavy atom. The molecule has 0 radical (unpaired) electrons. The maximum atomic E-state index is 12.4. The molecule has 2 aliphatic rings. The lowest BCUT2D eigenvalue weighted by Crippen LogP contribution is -2.33. The van der Waals surface area contributed by atoms with Gasteiger partial charge in [0.25, 0.3) is 0 Å². The van der Waals surface area contributed by atoms with Gasteiger partial charge in [-0.15, -0.1) is 0 Å². The van der Waals surface area contributed by atoms with Crippen molar-refractivity contribution < 1.29 is 29.0 Å². The number of ketones is 1. The fourth-order valence-electron chi connectivity index (χ4n) is 3.36. The number of anilines is 1. The van der Waals surface area contributed by atoms with Crippen LogP contribution in [0, 0.1) is 5.41 Å². The summed E-state index contributed by atoms with van der Waals surface area (Å²) in [6.45, 7) is 1.45. The molecule has 0 unspecified atom stereocenters. The Balaban J connectivity index is 1.81. The number of rotatable bonds is 5. The second kappa shape index (κ2) is 6.14. The number of nitrogens with one attached hydrogen (secondary N) is 1. The van der Waals surface area contributed by atoms with Gasteiger partial charge in [-0.25, -0.2) is 0 Å². The molecule has 1 amide bonds. The number of hydrogen-bond donors (Lipinski definition) is 2. The van der Waals surface area contributed by atoms with Crippen molar-refractivity contribution in [2.75, 3.05) is 12.1 Å². The first kappa shape index (κ1) is 16.3. The Morgan fingerprint density at radius 2 is 1.79 bits per heavy atom. The molecule has 1 heterocycles. The number of carbonyl (C=O) groups is 3. The molecule has 1 fully saturated rings. The normalized spacial score (nSPS) is 17.5. The summed E-state index contributed by atoms with van der Waals surface area (Å²) in [5, 5.41) is 12.1. The summed E-state index contributed by atoms with van der Waals surface area (Å²) in [4.78, 5) is 35.8. The van der Waals surface area contributed by atoms with Gasteiger partial charge in [-0.3, -0.25) is 14.4 Å². The zero-order valence-corrected chi connectivity index (χ0v) is 13.4. The predicted molar refractivity (Wildman–Crippen MR) is 84.4 cm³/mol. The SMILES string of the molecule is CC(=O)c1cc2c(cc1NC(=O)CC1(C(=O)O)CCCC1)OCO2. The van der Waals surface area contributed by atoms with Gasteiger partial charge in [-0.05, 0) is 25.8 Å². The van der Waals surface area contributed by atoms with Gasteiger partial charge >= 0.3 is 5.97 Å². The second-order valence-corrected chi connectivity index (χ2v) is 6.32. The van der Waals surface area contributed by atoms with E-state index in [9.17, 15) is 19.5 Å². The molecule has 1 aliphatic carbocycles. The lowest BCUT2D eigenvalue weighted by molar-refractivity contribution is -0.150. The second-order valence-electron chi connectivity index (χ2n) is 6.32. The average Bonchev–Trinajstić information content (AvgIpc) is 3.15. The first-order valence-corrected chi connectivity index (χ1v) is 7.89. The molecule has 24 heavy (non-hydrogen) atoms. The number of ether oxygens (including phenoxy) is 2. The van der Waals surface area contributed by atoms with Crippen molar-refractivity contribution in [2.45, 2.75) is 39.0 Å². The molecular formula is C17H19NO6. The maximum Gasteiger partial charge on any atom is 0.310 e. The zero-order chi connectivity index (χ0) is 17.3. The Morgan fingerprint density at radius 1 is 1.17 bits per heavy atom. The third-order valence-electron chi connectivity index (χ3n) is 4.68. The third-order valence-corrected chi connectivity index (χ3v) is 4.68. The summed E-state index contributed by atoms with van der Waals surface area (Å²) in [7, 11) is 0. The first-order chi connectivity index (χ1) is 11.4. The Kier molecular flexibility index (Phi) is 4.17. The number of carboxylic acid groups (broad SMARTS) is 1. The van der Waals surface area contributed by atoms with Crippen molar-refractivity contribution in [3.8, 4) is 11.5 Å². The van der Waals surface area contributed by atoms with Crippen LogP contribution in [0.4, 0.5) is 5.69 Å². The van der Waals surface area contributed by atoms with E-state index in [4.69, 9.17) is 9.47 Å². The minimum absolute atomic E-state index is 0.0617. The first-order valence-electron chi connectivity index (χ1n) is 7.89. The molecule has 7 nitrogen and oxygen atoms in total. The van der Waals surface area contributed by atoms with Crippen LogP contribution in [0.2, 0.25) is 0 Å². The van der Waals surface area contributed by atoms with Gasteiger partial charge in [0.1, 0.15) is 0 Å². The summed E-state index contributed by atoms with van der Waals surface area (Å²) in [6, 6.07) is 3.07. The minimum Gasteiger partial charge on any atom is -0.481 e. The highest BCUT2D eigenvalue weighted by molar-refractivity contribution is 6.05. The lowest BCUT2D eigenvalue weighted by Gasteiger charge is -2.23. The van der Waals surface area contributed by atoms with Gasteiger partial charge in [0.15, 0.2) is 17.3 Å². The van der Waals surface area contributed by atoms with E-state index >= 15 is 0 Å². The number of hydrogen-bond acceptors (Lipinski definition) is 5. The fourth-order valence-corrected chi connectivity index (χ4v) is 3.36. The smallest absolute Gasteiger partial charge is 0.310 e. The van der Waals surface area contributed by atoms with E-state index in [1.807, 2.05) is 0 Å².